The Morgan fingerprint density at radius 1 is 1.22 bits per heavy atom. The van der Waals surface area contributed by atoms with Crippen LogP contribution in [0, 0.1) is 0 Å². The molecule has 0 saturated carbocycles. The van der Waals surface area contributed by atoms with Gasteiger partial charge in [0.05, 0.1) is 25.8 Å². The molecule has 0 aliphatic carbocycles. The maximum Gasteiger partial charge on any atom is 0.161 e. The molecule has 0 spiro atoms. The Hall–Kier alpha value is -1.91. The van der Waals surface area contributed by atoms with Gasteiger partial charge in [0, 0.05) is 17.0 Å². The van der Waals surface area contributed by atoms with Crippen molar-refractivity contribution in [3.8, 4) is 17.2 Å². The molecule has 4 nitrogen and oxygen atoms in total. The van der Waals surface area contributed by atoms with Crippen molar-refractivity contribution in [1.29, 1.82) is 0 Å². The fraction of sp³-hybridized carbons (Fsp3) is 0.333. The van der Waals surface area contributed by atoms with Gasteiger partial charge in [-0.25, -0.2) is 0 Å². The van der Waals surface area contributed by atoms with Crippen molar-refractivity contribution < 1.29 is 19.9 Å². The average Bonchev–Trinajstić information content (AvgIpc) is 2.56. The number of phenols is 1. The molecule has 2 aromatic carbocycles. The third-order valence-electron chi connectivity index (χ3n) is 4.20. The highest BCUT2D eigenvalue weighted by Gasteiger charge is 2.29. The molecule has 23 heavy (non-hydrogen) atoms. The van der Waals surface area contributed by atoms with E-state index in [4.69, 9.17) is 21.1 Å². The first-order chi connectivity index (χ1) is 11.1. The van der Waals surface area contributed by atoms with Gasteiger partial charge in [0.15, 0.2) is 11.5 Å². The Bertz CT molecular complexity index is 718. The molecule has 2 aromatic rings. The molecule has 0 amide bonds. The molecular formula is C18H21ClNO3+. The van der Waals surface area contributed by atoms with Crippen LogP contribution >= 0.6 is 11.6 Å². The number of rotatable bonds is 4. The third-order valence-corrected chi connectivity index (χ3v) is 4.44. The first-order valence-electron chi connectivity index (χ1n) is 7.79. The lowest BCUT2D eigenvalue weighted by Gasteiger charge is -2.26. The van der Waals surface area contributed by atoms with Crippen LogP contribution in [0.15, 0.2) is 30.3 Å². The van der Waals surface area contributed by atoms with E-state index >= 15 is 0 Å². The Balaban J connectivity index is 2.09. The molecule has 5 heteroatoms. The summed E-state index contributed by atoms with van der Waals surface area (Å²) in [5.74, 6) is 1.74. The second-order valence-electron chi connectivity index (χ2n) is 5.59. The first kappa shape index (κ1) is 16.0. The second kappa shape index (κ2) is 6.69. The van der Waals surface area contributed by atoms with E-state index in [-0.39, 0.29) is 11.8 Å². The van der Waals surface area contributed by atoms with Crippen molar-refractivity contribution in [2.75, 3.05) is 20.3 Å². The van der Waals surface area contributed by atoms with Gasteiger partial charge in [0.25, 0.3) is 0 Å². The lowest BCUT2D eigenvalue weighted by Crippen LogP contribution is -2.87. The summed E-state index contributed by atoms with van der Waals surface area (Å²) >= 11 is 6.12. The number of benzene rings is 2. The number of hydrogen-bond acceptors (Lipinski definition) is 3. The van der Waals surface area contributed by atoms with Crippen molar-refractivity contribution >= 4 is 11.6 Å². The molecule has 122 valence electrons. The second-order valence-corrected chi connectivity index (χ2v) is 6.03. The Labute approximate surface area is 141 Å². The maximum absolute atomic E-state index is 10.2. The normalized spacial score (nSPS) is 16.7. The summed E-state index contributed by atoms with van der Waals surface area (Å²) in [5, 5.41) is 13.1. The summed E-state index contributed by atoms with van der Waals surface area (Å²) in [6.45, 7) is 3.50. The summed E-state index contributed by atoms with van der Waals surface area (Å²) in [5.41, 5.74) is 3.18. The molecule has 1 aliphatic heterocycles. The van der Waals surface area contributed by atoms with E-state index in [0.29, 0.717) is 17.4 Å². The van der Waals surface area contributed by atoms with Crippen LogP contribution in [0.5, 0.6) is 17.2 Å². The van der Waals surface area contributed by atoms with E-state index in [1.54, 1.807) is 19.2 Å². The number of fused-ring (bicyclic) bond motifs is 1. The molecule has 0 saturated heterocycles. The maximum atomic E-state index is 10.2. The largest absolute Gasteiger partial charge is 0.507 e. The predicted molar refractivity (Wildman–Crippen MR) is 89.6 cm³/mol. The molecular weight excluding hydrogens is 314 g/mol. The highest BCUT2D eigenvalue weighted by molar-refractivity contribution is 6.30. The molecule has 0 bridgehead atoms. The van der Waals surface area contributed by atoms with E-state index in [1.807, 2.05) is 19.1 Å². The minimum absolute atomic E-state index is 0.00188. The van der Waals surface area contributed by atoms with E-state index in [2.05, 4.69) is 11.4 Å². The van der Waals surface area contributed by atoms with Crippen molar-refractivity contribution in [2.45, 2.75) is 19.4 Å². The third kappa shape index (κ3) is 3.09. The van der Waals surface area contributed by atoms with Gasteiger partial charge in [-0.2, -0.15) is 0 Å². The standard InChI is InChI=1S/C18H20ClNO3/c1-3-23-17-8-11-6-7-20-18(13(11)10-16(17)22-2)14-9-12(19)4-5-15(14)21/h4-5,8-10,18,20-21H,3,6-7H2,1-2H3/p+1/t18-/m0/s1. The number of halogens is 1. The molecule has 1 heterocycles. The molecule has 1 atom stereocenters. The van der Waals surface area contributed by atoms with E-state index in [9.17, 15) is 5.11 Å². The van der Waals surface area contributed by atoms with Gasteiger partial charge in [-0.1, -0.05) is 11.6 Å². The van der Waals surface area contributed by atoms with Crippen LogP contribution in [0.1, 0.15) is 29.7 Å². The highest BCUT2D eigenvalue weighted by Crippen LogP contribution is 2.38. The van der Waals surface area contributed by atoms with E-state index in [0.717, 1.165) is 29.8 Å². The number of quaternary nitrogens is 1. The molecule has 3 rings (SSSR count). The van der Waals surface area contributed by atoms with Gasteiger partial charge in [0.1, 0.15) is 11.8 Å². The summed E-state index contributed by atoms with van der Waals surface area (Å²) < 4.78 is 11.1. The first-order valence-corrected chi connectivity index (χ1v) is 8.17. The zero-order valence-electron chi connectivity index (χ0n) is 13.3. The van der Waals surface area contributed by atoms with Gasteiger partial charge in [-0.05, 0) is 42.8 Å². The number of methoxy groups -OCH3 is 1. The molecule has 0 radical (unpaired) electrons. The summed E-state index contributed by atoms with van der Waals surface area (Å²) in [7, 11) is 1.64. The van der Waals surface area contributed by atoms with Crippen molar-refractivity contribution in [3.63, 3.8) is 0 Å². The molecule has 0 unspecified atom stereocenters. The van der Waals surface area contributed by atoms with Crippen LogP contribution in [0.2, 0.25) is 5.02 Å². The number of ether oxygens (including phenoxy) is 2. The summed E-state index contributed by atoms with van der Waals surface area (Å²) in [4.78, 5) is 0. The van der Waals surface area contributed by atoms with E-state index < -0.39 is 0 Å². The van der Waals surface area contributed by atoms with Crippen LogP contribution in [0.3, 0.4) is 0 Å². The molecule has 0 aromatic heterocycles. The Kier molecular flexibility index (Phi) is 4.64. The number of phenolic OH excluding ortho intramolecular Hbond substituents is 1. The lowest BCUT2D eigenvalue weighted by molar-refractivity contribution is -0.690. The fourth-order valence-corrected chi connectivity index (χ4v) is 3.33. The SMILES string of the molecule is CCOc1cc2c(cc1OC)[C@@H](c1cc(Cl)ccc1O)[NH2+]CC2. The molecule has 3 N–H and O–H groups in total. The topological polar surface area (TPSA) is 55.3 Å². The van der Waals surface area contributed by atoms with E-state index in [1.165, 1.54) is 5.56 Å². The van der Waals surface area contributed by atoms with Gasteiger partial charge >= 0.3 is 0 Å². The van der Waals surface area contributed by atoms with Crippen LogP contribution < -0.4 is 14.8 Å². The van der Waals surface area contributed by atoms with Crippen molar-refractivity contribution in [1.82, 2.24) is 0 Å². The fourth-order valence-electron chi connectivity index (χ4n) is 3.15. The Morgan fingerprint density at radius 2 is 2.04 bits per heavy atom. The van der Waals surface area contributed by atoms with Crippen LogP contribution in [0.25, 0.3) is 0 Å². The zero-order chi connectivity index (χ0) is 16.4. The minimum atomic E-state index is 0.00188. The molecule has 1 aliphatic rings. The minimum Gasteiger partial charge on any atom is -0.507 e. The lowest BCUT2D eigenvalue weighted by atomic mass is 9.89. The zero-order valence-corrected chi connectivity index (χ0v) is 14.1. The smallest absolute Gasteiger partial charge is 0.161 e. The number of hydrogen-bond donors (Lipinski definition) is 2. The number of nitrogens with two attached hydrogens (primary N) is 1. The van der Waals surface area contributed by atoms with Crippen LogP contribution in [-0.2, 0) is 6.42 Å². The van der Waals surface area contributed by atoms with Gasteiger partial charge in [-0.15, -0.1) is 0 Å². The highest BCUT2D eigenvalue weighted by atomic mass is 35.5. The van der Waals surface area contributed by atoms with Crippen molar-refractivity contribution in [3.05, 3.63) is 52.0 Å². The molecule has 0 fully saturated rings. The average molecular weight is 335 g/mol. The monoisotopic (exact) mass is 334 g/mol. The van der Waals surface area contributed by atoms with Gasteiger partial charge in [-0.3, -0.25) is 0 Å². The predicted octanol–water partition coefficient (Wildman–Crippen LogP) is 2.66. The van der Waals surface area contributed by atoms with Crippen LogP contribution in [0.4, 0.5) is 0 Å². The summed E-state index contributed by atoms with van der Waals surface area (Å²) in [6.07, 6.45) is 0.956. The van der Waals surface area contributed by atoms with Crippen LogP contribution in [-0.4, -0.2) is 25.4 Å². The number of aromatic hydroxyl groups is 1. The van der Waals surface area contributed by atoms with Gasteiger partial charge in [0.2, 0.25) is 0 Å². The van der Waals surface area contributed by atoms with Crippen molar-refractivity contribution in [2.24, 2.45) is 0 Å². The summed E-state index contributed by atoms with van der Waals surface area (Å²) in [6, 6.07) is 9.24. The van der Waals surface area contributed by atoms with Gasteiger partial charge < -0.3 is 19.9 Å². The quantitative estimate of drug-likeness (QED) is 0.903. The Morgan fingerprint density at radius 3 is 2.78 bits per heavy atom.